The number of carbonyl (C=O) groups excluding carboxylic acids is 3. The fourth-order valence-corrected chi connectivity index (χ4v) is 9.40. The molecule has 6 heteroatoms. The van der Waals surface area contributed by atoms with Crippen molar-refractivity contribution in [3.63, 3.8) is 0 Å². The minimum Gasteiger partial charge on any atom is -0.462 e. The molecular formula is C75H126O6. The Balaban J connectivity index is 4.44. The topological polar surface area (TPSA) is 78.9 Å². The number of carbonyl (C=O) groups is 3. The van der Waals surface area contributed by atoms with Crippen LogP contribution >= 0.6 is 0 Å². The van der Waals surface area contributed by atoms with Crippen LogP contribution in [0.1, 0.15) is 316 Å². The number of esters is 3. The monoisotopic (exact) mass is 1120 g/mol. The molecule has 81 heavy (non-hydrogen) atoms. The molecule has 1 atom stereocenters. The summed E-state index contributed by atoms with van der Waals surface area (Å²) in [6, 6.07) is 0. The summed E-state index contributed by atoms with van der Waals surface area (Å²) in [5, 5.41) is 0. The lowest BCUT2D eigenvalue weighted by Gasteiger charge is -2.18. The van der Waals surface area contributed by atoms with E-state index in [9.17, 15) is 14.4 Å². The maximum Gasteiger partial charge on any atom is 0.306 e. The van der Waals surface area contributed by atoms with E-state index >= 15 is 0 Å². The van der Waals surface area contributed by atoms with Crippen molar-refractivity contribution < 1.29 is 28.6 Å². The van der Waals surface area contributed by atoms with Crippen molar-refractivity contribution in [2.45, 2.75) is 322 Å². The van der Waals surface area contributed by atoms with Crippen molar-refractivity contribution in [1.29, 1.82) is 0 Å². The fraction of sp³-hybridized carbons (Fsp3) is 0.693. The van der Waals surface area contributed by atoms with Crippen LogP contribution in [-0.4, -0.2) is 37.2 Å². The molecule has 0 fully saturated rings. The summed E-state index contributed by atoms with van der Waals surface area (Å²) in [6.45, 7) is 6.41. The summed E-state index contributed by atoms with van der Waals surface area (Å²) in [5.41, 5.74) is 0. The molecule has 0 aromatic rings. The van der Waals surface area contributed by atoms with E-state index in [1.807, 2.05) is 0 Å². The standard InChI is InChI=1S/C75H126O6/c1-4-7-10-13-16-19-22-25-28-31-33-35-37-39-41-44-47-50-53-56-59-62-65-68-74(77)80-71-72(70-79-73(76)67-64-61-58-55-52-49-46-43-30-27-24-21-18-15-12-9-6-3)81-75(78)69-66-63-60-57-54-51-48-45-42-40-38-36-34-32-29-26-23-20-17-14-11-8-5-2/h7,9-10,12,16,18-19,21,25,27-28,30,32-35,39,41,47,50,72H,4-6,8,11,13-15,17,20,22-24,26,29,31,36-38,40,42-46,48-49,51-71H2,1-3H3/b10-7-,12-9-,19-16-,21-18-,28-25-,30-27-,34-32-,35-33-,41-39-,50-47-. The van der Waals surface area contributed by atoms with E-state index in [-0.39, 0.29) is 31.1 Å². The highest BCUT2D eigenvalue weighted by Gasteiger charge is 2.19. The molecule has 0 aromatic heterocycles. The van der Waals surface area contributed by atoms with E-state index in [0.717, 1.165) is 135 Å². The molecule has 462 valence electrons. The highest BCUT2D eigenvalue weighted by molar-refractivity contribution is 5.71. The Bertz CT molecular complexity index is 1670. The van der Waals surface area contributed by atoms with Gasteiger partial charge in [-0.3, -0.25) is 14.4 Å². The van der Waals surface area contributed by atoms with Gasteiger partial charge >= 0.3 is 17.9 Å². The second kappa shape index (κ2) is 68.3. The van der Waals surface area contributed by atoms with Crippen LogP contribution in [0.15, 0.2) is 122 Å². The van der Waals surface area contributed by atoms with Gasteiger partial charge in [-0.05, 0) is 128 Å². The molecule has 0 aliphatic rings. The molecular weight excluding hydrogens is 997 g/mol. The Morgan fingerprint density at radius 3 is 0.765 bits per heavy atom. The fourth-order valence-electron chi connectivity index (χ4n) is 9.40. The zero-order valence-electron chi connectivity index (χ0n) is 53.0. The van der Waals surface area contributed by atoms with Crippen LogP contribution in [0.2, 0.25) is 0 Å². The Hall–Kier alpha value is -4.19. The van der Waals surface area contributed by atoms with Gasteiger partial charge in [0.2, 0.25) is 0 Å². The molecule has 6 nitrogen and oxygen atoms in total. The van der Waals surface area contributed by atoms with E-state index in [1.54, 1.807) is 0 Å². The molecule has 0 saturated carbocycles. The first kappa shape index (κ1) is 76.8. The van der Waals surface area contributed by atoms with Crippen LogP contribution in [0, 0.1) is 0 Å². The normalized spacial score (nSPS) is 12.9. The quantitative estimate of drug-likeness (QED) is 0.0261. The van der Waals surface area contributed by atoms with E-state index in [4.69, 9.17) is 14.2 Å². The van der Waals surface area contributed by atoms with Crippen molar-refractivity contribution in [3.05, 3.63) is 122 Å². The summed E-state index contributed by atoms with van der Waals surface area (Å²) in [4.78, 5) is 38.4. The van der Waals surface area contributed by atoms with Gasteiger partial charge < -0.3 is 14.2 Å². The first-order valence-electron chi connectivity index (χ1n) is 34.0. The van der Waals surface area contributed by atoms with Crippen LogP contribution < -0.4 is 0 Å². The average molecular weight is 1120 g/mol. The van der Waals surface area contributed by atoms with E-state index in [2.05, 4.69) is 142 Å². The van der Waals surface area contributed by atoms with Crippen molar-refractivity contribution in [1.82, 2.24) is 0 Å². The van der Waals surface area contributed by atoms with Crippen molar-refractivity contribution >= 4 is 17.9 Å². The first-order chi connectivity index (χ1) is 40.0. The molecule has 0 amide bonds. The summed E-state index contributed by atoms with van der Waals surface area (Å²) in [6.07, 6.45) is 94.9. The van der Waals surface area contributed by atoms with E-state index in [1.165, 1.54) is 141 Å². The molecule has 1 unspecified atom stereocenters. The molecule has 0 radical (unpaired) electrons. The molecule has 0 N–H and O–H groups in total. The van der Waals surface area contributed by atoms with Crippen LogP contribution in [0.4, 0.5) is 0 Å². The van der Waals surface area contributed by atoms with Crippen molar-refractivity contribution in [3.8, 4) is 0 Å². The lowest BCUT2D eigenvalue weighted by molar-refractivity contribution is -0.167. The summed E-state index contributed by atoms with van der Waals surface area (Å²) < 4.78 is 17.0. The number of unbranched alkanes of at least 4 members (excludes halogenated alkanes) is 30. The lowest BCUT2D eigenvalue weighted by atomic mass is 10.0. The Morgan fingerprint density at radius 2 is 0.481 bits per heavy atom. The van der Waals surface area contributed by atoms with Crippen LogP contribution in [0.25, 0.3) is 0 Å². The third-order valence-corrected chi connectivity index (χ3v) is 14.4. The van der Waals surface area contributed by atoms with Gasteiger partial charge in [-0.1, -0.05) is 290 Å². The maximum atomic E-state index is 13.0. The number of ether oxygens (including phenoxy) is 3. The molecule has 0 heterocycles. The Labute approximate surface area is 501 Å². The number of rotatable bonds is 61. The van der Waals surface area contributed by atoms with Gasteiger partial charge in [-0.2, -0.15) is 0 Å². The van der Waals surface area contributed by atoms with Gasteiger partial charge in [0.05, 0.1) is 0 Å². The highest BCUT2D eigenvalue weighted by Crippen LogP contribution is 2.16. The summed E-state index contributed by atoms with van der Waals surface area (Å²) in [5.74, 6) is -0.920. The third-order valence-electron chi connectivity index (χ3n) is 14.4. The predicted molar refractivity (Wildman–Crippen MR) is 353 cm³/mol. The predicted octanol–water partition coefficient (Wildman–Crippen LogP) is 23.6. The van der Waals surface area contributed by atoms with E-state index < -0.39 is 6.10 Å². The van der Waals surface area contributed by atoms with E-state index in [0.29, 0.717) is 19.3 Å². The maximum absolute atomic E-state index is 13.0. The van der Waals surface area contributed by atoms with Crippen molar-refractivity contribution in [2.75, 3.05) is 13.2 Å². The number of hydrogen-bond donors (Lipinski definition) is 0. The zero-order valence-corrected chi connectivity index (χ0v) is 53.0. The Morgan fingerprint density at radius 1 is 0.259 bits per heavy atom. The van der Waals surface area contributed by atoms with Crippen LogP contribution in [0.5, 0.6) is 0 Å². The lowest BCUT2D eigenvalue weighted by Crippen LogP contribution is -2.30. The highest BCUT2D eigenvalue weighted by atomic mass is 16.6. The summed E-state index contributed by atoms with van der Waals surface area (Å²) >= 11 is 0. The van der Waals surface area contributed by atoms with Crippen molar-refractivity contribution in [2.24, 2.45) is 0 Å². The van der Waals surface area contributed by atoms with Gasteiger partial charge in [0, 0.05) is 19.3 Å². The largest absolute Gasteiger partial charge is 0.462 e. The minimum atomic E-state index is -0.799. The molecule has 0 aromatic carbocycles. The van der Waals surface area contributed by atoms with Gasteiger partial charge in [-0.25, -0.2) is 0 Å². The minimum absolute atomic E-state index is 0.0933. The molecule has 0 aliphatic heterocycles. The molecule has 0 rings (SSSR count). The van der Waals surface area contributed by atoms with Gasteiger partial charge in [0.15, 0.2) is 6.10 Å². The van der Waals surface area contributed by atoms with Crippen LogP contribution in [-0.2, 0) is 28.6 Å². The smallest absolute Gasteiger partial charge is 0.306 e. The molecule has 0 bridgehead atoms. The second-order valence-corrected chi connectivity index (χ2v) is 22.3. The zero-order chi connectivity index (χ0) is 58.5. The van der Waals surface area contributed by atoms with Gasteiger partial charge in [0.25, 0.3) is 0 Å². The second-order valence-electron chi connectivity index (χ2n) is 22.3. The molecule has 0 saturated heterocycles. The van der Waals surface area contributed by atoms with Gasteiger partial charge in [0.1, 0.15) is 13.2 Å². The van der Waals surface area contributed by atoms with Crippen LogP contribution in [0.3, 0.4) is 0 Å². The third kappa shape index (κ3) is 66.5. The SMILES string of the molecule is CC/C=C\C/C=C\C/C=C\C/C=C\C/C=C\C/C=C\CCCCCCC(=O)OCC(COC(=O)CCCCCCCCC/C=C\C/C=C\C/C=C\CC)OC(=O)CCCCCCCCCCCCC/C=C\CCCCCCCCCC. The first-order valence-corrected chi connectivity index (χ1v) is 34.0. The van der Waals surface area contributed by atoms with Gasteiger partial charge in [-0.15, -0.1) is 0 Å². The average Bonchev–Trinajstić information content (AvgIpc) is 3.47. The number of hydrogen-bond acceptors (Lipinski definition) is 6. The summed E-state index contributed by atoms with van der Waals surface area (Å²) in [7, 11) is 0. The molecule has 0 spiro atoms. The Kier molecular flexibility index (Phi) is 64.8. The molecule has 0 aliphatic carbocycles. The number of allylic oxidation sites excluding steroid dienone is 20.